The first-order valence-corrected chi connectivity index (χ1v) is 8.68. The van der Waals surface area contributed by atoms with Crippen LogP contribution in [0.4, 0.5) is 10.2 Å². The maximum absolute atomic E-state index is 13.2. The van der Waals surface area contributed by atoms with Gasteiger partial charge in [0.1, 0.15) is 17.1 Å². The molecule has 2 aromatic heterocycles. The van der Waals surface area contributed by atoms with E-state index in [-0.39, 0.29) is 17.4 Å². The number of nitrogens with zero attached hydrogens (tertiary/aromatic N) is 2. The number of halogens is 2. The first-order chi connectivity index (χ1) is 12.4. The summed E-state index contributed by atoms with van der Waals surface area (Å²) in [5.74, 6) is 0.325. The highest BCUT2D eigenvalue weighted by molar-refractivity contribution is 9.10. The average Bonchev–Trinajstić information content (AvgIpc) is 3.06. The number of amides is 1. The predicted molar refractivity (Wildman–Crippen MR) is 99.0 cm³/mol. The number of aromatic amines is 1. The van der Waals surface area contributed by atoms with Gasteiger partial charge in [-0.05, 0) is 52.2 Å². The van der Waals surface area contributed by atoms with E-state index in [1.54, 1.807) is 18.2 Å². The van der Waals surface area contributed by atoms with E-state index in [1.165, 1.54) is 24.4 Å². The number of hydrogen-bond acceptors (Lipinski definition) is 4. The van der Waals surface area contributed by atoms with Crippen LogP contribution in [0.2, 0.25) is 0 Å². The van der Waals surface area contributed by atoms with E-state index in [0.717, 1.165) is 5.69 Å². The van der Waals surface area contributed by atoms with Crippen LogP contribution in [-0.4, -0.2) is 21.1 Å². The van der Waals surface area contributed by atoms with E-state index < -0.39 is 11.7 Å². The lowest BCUT2D eigenvalue weighted by atomic mass is 10.1. The Morgan fingerprint density at radius 2 is 2.12 bits per heavy atom. The molecule has 0 aliphatic rings. The number of hydrogen-bond donors (Lipinski definition) is 2. The fourth-order valence-corrected chi connectivity index (χ4v) is 2.62. The number of H-pyrrole nitrogens is 1. The lowest BCUT2D eigenvalue weighted by molar-refractivity contribution is 0.102. The van der Waals surface area contributed by atoms with Crippen LogP contribution in [0.25, 0.3) is 0 Å². The molecule has 0 fully saturated rings. The van der Waals surface area contributed by atoms with E-state index in [0.29, 0.717) is 16.0 Å². The van der Waals surface area contributed by atoms with E-state index >= 15 is 0 Å². The minimum Gasteiger partial charge on any atom is -0.437 e. The first kappa shape index (κ1) is 18.1. The Morgan fingerprint density at radius 3 is 2.81 bits per heavy atom. The number of pyridine rings is 1. The maximum atomic E-state index is 13.2. The zero-order valence-corrected chi connectivity index (χ0v) is 15.7. The van der Waals surface area contributed by atoms with Gasteiger partial charge in [-0.15, -0.1) is 0 Å². The molecule has 1 amide bonds. The van der Waals surface area contributed by atoms with Gasteiger partial charge in [0.15, 0.2) is 5.82 Å². The molecule has 0 aliphatic carbocycles. The lowest BCUT2D eigenvalue weighted by Gasteiger charge is -2.10. The molecule has 26 heavy (non-hydrogen) atoms. The van der Waals surface area contributed by atoms with Gasteiger partial charge in [0, 0.05) is 18.0 Å². The van der Waals surface area contributed by atoms with Crippen LogP contribution in [0.15, 0.2) is 47.1 Å². The minimum atomic E-state index is -0.409. The van der Waals surface area contributed by atoms with Crippen LogP contribution in [0.1, 0.15) is 35.8 Å². The Labute approximate surface area is 157 Å². The van der Waals surface area contributed by atoms with Crippen molar-refractivity contribution in [1.29, 1.82) is 0 Å². The topological polar surface area (TPSA) is 79.9 Å². The second-order valence-electron chi connectivity index (χ2n) is 5.85. The number of carbonyl (C=O) groups excluding carboxylic acids is 1. The van der Waals surface area contributed by atoms with Crippen molar-refractivity contribution in [3.05, 3.63) is 64.1 Å². The summed E-state index contributed by atoms with van der Waals surface area (Å²) in [5, 5.41) is 9.66. The zero-order chi connectivity index (χ0) is 18.7. The highest BCUT2D eigenvalue weighted by Gasteiger charge is 2.17. The summed E-state index contributed by atoms with van der Waals surface area (Å²) in [5.41, 5.74) is 1.15. The Kier molecular flexibility index (Phi) is 5.32. The van der Waals surface area contributed by atoms with Crippen LogP contribution < -0.4 is 10.1 Å². The third-order valence-electron chi connectivity index (χ3n) is 3.58. The van der Waals surface area contributed by atoms with Crippen molar-refractivity contribution in [3.8, 4) is 11.6 Å². The summed E-state index contributed by atoms with van der Waals surface area (Å²) in [6.07, 6.45) is 1.51. The van der Waals surface area contributed by atoms with E-state index in [9.17, 15) is 9.18 Å². The van der Waals surface area contributed by atoms with Gasteiger partial charge in [-0.1, -0.05) is 13.8 Å². The summed E-state index contributed by atoms with van der Waals surface area (Å²) in [4.78, 5) is 16.7. The largest absolute Gasteiger partial charge is 0.437 e. The second-order valence-corrected chi connectivity index (χ2v) is 6.70. The second kappa shape index (κ2) is 7.65. The molecule has 8 heteroatoms. The number of rotatable bonds is 5. The summed E-state index contributed by atoms with van der Waals surface area (Å²) >= 11 is 3.23. The molecule has 0 bridgehead atoms. The highest BCUT2D eigenvalue weighted by Crippen LogP contribution is 2.31. The van der Waals surface area contributed by atoms with Crippen molar-refractivity contribution in [2.75, 3.05) is 5.32 Å². The quantitative estimate of drug-likeness (QED) is 0.618. The molecule has 0 radical (unpaired) electrons. The fraction of sp³-hybridized carbons (Fsp3) is 0.167. The van der Waals surface area contributed by atoms with E-state index in [4.69, 9.17) is 4.74 Å². The van der Waals surface area contributed by atoms with Gasteiger partial charge in [0.2, 0.25) is 5.88 Å². The number of ether oxygens (including phenoxy) is 1. The van der Waals surface area contributed by atoms with Gasteiger partial charge >= 0.3 is 0 Å². The van der Waals surface area contributed by atoms with Crippen molar-refractivity contribution >= 4 is 27.7 Å². The third kappa shape index (κ3) is 4.08. The molecule has 0 unspecified atom stereocenters. The SMILES string of the molecule is CC(C)c1cc(NC(=O)c2cccnc2Oc2ccc(F)cc2Br)n[nH]1. The van der Waals surface area contributed by atoms with Gasteiger partial charge in [0.05, 0.1) is 4.47 Å². The molecular weight excluding hydrogens is 403 g/mol. The summed E-state index contributed by atoms with van der Waals surface area (Å²) < 4.78 is 19.3. The van der Waals surface area contributed by atoms with Gasteiger partial charge in [-0.25, -0.2) is 9.37 Å². The van der Waals surface area contributed by atoms with Gasteiger partial charge in [0.25, 0.3) is 5.91 Å². The number of benzene rings is 1. The van der Waals surface area contributed by atoms with E-state index in [2.05, 4.69) is 36.4 Å². The molecule has 0 saturated heterocycles. The lowest BCUT2D eigenvalue weighted by Crippen LogP contribution is -2.14. The van der Waals surface area contributed by atoms with Crippen LogP contribution in [0.3, 0.4) is 0 Å². The number of aromatic nitrogens is 3. The average molecular weight is 419 g/mol. The smallest absolute Gasteiger partial charge is 0.262 e. The Bertz CT molecular complexity index is 942. The van der Waals surface area contributed by atoms with Crippen LogP contribution >= 0.6 is 15.9 Å². The molecule has 2 heterocycles. The van der Waals surface area contributed by atoms with Gasteiger partial charge < -0.3 is 10.1 Å². The maximum Gasteiger partial charge on any atom is 0.262 e. The molecule has 134 valence electrons. The first-order valence-electron chi connectivity index (χ1n) is 7.88. The van der Waals surface area contributed by atoms with Crippen LogP contribution in [0.5, 0.6) is 11.6 Å². The summed E-state index contributed by atoms with van der Waals surface area (Å²) in [6.45, 7) is 4.04. The number of anilines is 1. The highest BCUT2D eigenvalue weighted by atomic mass is 79.9. The summed E-state index contributed by atoms with van der Waals surface area (Å²) in [6, 6.07) is 8.99. The fourth-order valence-electron chi connectivity index (χ4n) is 2.19. The Morgan fingerprint density at radius 1 is 1.31 bits per heavy atom. The van der Waals surface area contributed by atoms with Crippen molar-refractivity contribution in [2.45, 2.75) is 19.8 Å². The van der Waals surface area contributed by atoms with Crippen molar-refractivity contribution in [2.24, 2.45) is 0 Å². The predicted octanol–water partition coefficient (Wildman–Crippen LogP) is 4.87. The van der Waals surface area contributed by atoms with Crippen LogP contribution in [-0.2, 0) is 0 Å². The van der Waals surface area contributed by atoms with Gasteiger partial charge in [-0.3, -0.25) is 9.89 Å². The van der Waals surface area contributed by atoms with Crippen LogP contribution in [0, 0.1) is 5.82 Å². The molecule has 3 rings (SSSR count). The van der Waals surface area contributed by atoms with Gasteiger partial charge in [-0.2, -0.15) is 5.10 Å². The molecule has 0 atom stereocenters. The number of nitrogens with one attached hydrogen (secondary N) is 2. The summed E-state index contributed by atoms with van der Waals surface area (Å²) in [7, 11) is 0. The van der Waals surface area contributed by atoms with Crippen molar-refractivity contribution in [1.82, 2.24) is 15.2 Å². The van der Waals surface area contributed by atoms with Crippen molar-refractivity contribution < 1.29 is 13.9 Å². The monoisotopic (exact) mass is 418 g/mol. The van der Waals surface area contributed by atoms with E-state index in [1.807, 2.05) is 13.8 Å². The molecular formula is C18H16BrFN4O2. The molecule has 2 N–H and O–H groups in total. The Hall–Kier alpha value is -2.74. The zero-order valence-electron chi connectivity index (χ0n) is 14.1. The third-order valence-corrected chi connectivity index (χ3v) is 4.20. The molecule has 0 saturated carbocycles. The molecule has 3 aromatic rings. The minimum absolute atomic E-state index is 0.108. The van der Waals surface area contributed by atoms with Crippen molar-refractivity contribution in [3.63, 3.8) is 0 Å². The molecule has 0 spiro atoms. The molecule has 1 aromatic carbocycles. The normalized spacial score (nSPS) is 10.8. The molecule has 6 nitrogen and oxygen atoms in total. The standard InChI is InChI=1S/C18H16BrFN4O2/c1-10(2)14-9-16(24-23-14)22-17(25)12-4-3-7-21-18(12)26-15-6-5-11(20)8-13(15)19/h3-10H,1-2H3,(H2,22,23,24,25). The molecule has 0 aliphatic heterocycles. The Balaban J connectivity index is 1.82. The number of carbonyl (C=O) groups is 1.